The van der Waals surface area contributed by atoms with Gasteiger partial charge in [-0.2, -0.15) is 5.10 Å². The van der Waals surface area contributed by atoms with Crippen LogP contribution in [0.4, 0.5) is 5.69 Å². The lowest BCUT2D eigenvalue weighted by Crippen LogP contribution is -1.97. The van der Waals surface area contributed by atoms with Crippen LogP contribution in [0.25, 0.3) is 0 Å². The third-order valence-corrected chi connectivity index (χ3v) is 3.72. The zero-order valence-electron chi connectivity index (χ0n) is 10.8. The number of hydrogen-bond acceptors (Lipinski definition) is 4. The van der Waals surface area contributed by atoms with Crippen LogP contribution in [0.5, 0.6) is 11.6 Å². The monoisotopic (exact) mass is 403 g/mol. The first kappa shape index (κ1) is 15.0. The summed E-state index contributed by atoms with van der Waals surface area (Å²) < 4.78 is 7.95. The van der Waals surface area contributed by atoms with Crippen molar-refractivity contribution in [2.45, 2.75) is 12.3 Å². The molecule has 106 valence electrons. The van der Waals surface area contributed by atoms with Crippen LogP contribution in [-0.4, -0.2) is 14.7 Å². The summed E-state index contributed by atoms with van der Waals surface area (Å²) in [5, 5.41) is 15.7. The number of nitro groups is 1. The molecule has 8 heteroatoms. The van der Waals surface area contributed by atoms with Crippen LogP contribution >= 0.6 is 31.9 Å². The van der Waals surface area contributed by atoms with Crippen molar-refractivity contribution in [3.8, 4) is 11.6 Å². The van der Waals surface area contributed by atoms with Crippen molar-refractivity contribution < 1.29 is 9.66 Å². The van der Waals surface area contributed by atoms with Crippen molar-refractivity contribution >= 4 is 37.5 Å². The van der Waals surface area contributed by atoms with Gasteiger partial charge in [0.15, 0.2) is 0 Å². The standard InChI is InChI=1S/C12H11Br2N3O3/c1-7-11(6-13)12(16(2)15-7)20-10-4-8(14)3-9(5-10)17(18)19/h3-5H,6H2,1-2H3. The van der Waals surface area contributed by atoms with Crippen LogP contribution in [0.3, 0.4) is 0 Å². The molecule has 0 saturated carbocycles. The number of nitro benzene ring substituents is 1. The van der Waals surface area contributed by atoms with E-state index < -0.39 is 4.92 Å². The summed E-state index contributed by atoms with van der Waals surface area (Å²) in [6.07, 6.45) is 0. The summed E-state index contributed by atoms with van der Waals surface area (Å²) in [4.78, 5) is 10.4. The van der Waals surface area contributed by atoms with Gasteiger partial charge in [-0.05, 0) is 13.0 Å². The molecule has 0 N–H and O–H groups in total. The highest BCUT2D eigenvalue weighted by Crippen LogP contribution is 2.32. The van der Waals surface area contributed by atoms with Crippen LogP contribution in [0, 0.1) is 17.0 Å². The Bertz CT molecular complexity index is 670. The first-order valence-electron chi connectivity index (χ1n) is 5.63. The number of halogens is 2. The number of benzene rings is 1. The SMILES string of the molecule is Cc1nn(C)c(Oc2cc(Br)cc([N+](=O)[O-])c2)c1CBr. The molecule has 0 radical (unpaired) electrons. The second kappa shape index (κ2) is 5.92. The van der Waals surface area contributed by atoms with Gasteiger partial charge in [0.2, 0.25) is 5.88 Å². The summed E-state index contributed by atoms with van der Waals surface area (Å²) in [6.45, 7) is 1.88. The second-order valence-corrected chi connectivity index (χ2v) is 5.61. The van der Waals surface area contributed by atoms with Gasteiger partial charge in [0.1, 0.15) is 5.75 Å². The number of hydrogen-bond donors (Lipinski definition) is 0. The molecule has 2 rings (SSSR count). The van der Waals surface area contributed by atoms with Crippen LogP contribution in [-0.2, 0) is 12.4 Å². The Kier molecular flexibility index (Phi) is 4.44. The molecule has 20 heavy (non-hydrogen) atoms. The highest BCUT2D eigenvalue weighted by molar-refractivity contribution is 9.10. The maximum atomic E-state index is 10.9. The summed E-state index contributed by atoms with van der Waals surface area (Å²) in [5.41, 5.74) is 1.73. The van der Waals surface area contributed by atoms with E-state index in [1.54, 1.807) is 17.8 Å². The highest BCUT2D eigenvalue weighted by atomic mass is 79.9. The molecule has 0 unspecified atom stereocenters. The minimum absolute atomic E-state index is 0.0337. The van der Waals surface area contributed by atoms with Crippen LogP contribution in [0.15, 0.2) is 22.7 Å². The fourth-order valence-electron chi connectivity index (χ4n) is 1.79. The van der Waals surface area contributed by atoms with Crippen molar-refractivity contribution in [1.82, 2.24) is 9.78 Å². The van der Waals surface area contributed by atoms with E-state index in [-0.39, 0.29) is 5.69 Å². The molecule has 0 atom stereocenters. The lowest BCUT2D eigenvalue weighted by molar-refractivity contribution is -0.385. The normalized spacial score (nSPS) is 10.6. The van der Waals surface area contributed by atoms with Gasteiger partial charge in [0.25, 0.3) is 5.69 Å². The van der Waals surface area contributed by atoms with E-state index in [1.807, 2.05) is 6.92 Å². The van der Waals surface area contributed by atoms with Gasteiger partial charge >= 0.3 is 0 Å². The van der Waals surface area contributed by atoms with Crippen molar-refractivity contribution in [1.29, 1.82) is 0 Å². The average Bonchev–Trinajstić information content (AvgIpc) is 2.63. The van der Waals surface area contributed by atoms with Gasteiger partial charge in [-0.25, -0.2) is 4.68 Å². The molecule has 1 aromatic carbocycles. The van der Waals surface area contributed by atoms with E-state index in [9.17, 15) is 10.1 Å². The predicted octanol–water partition coefficient (Wildman–Crippen LogP) is 4.09. The highest BCUT2D eigenvalue weighted by Gasteiger charge is 2.16. The summed E-state index contributed by atoms with van der Waals surface area (Å²) >= 11 is 6.63. The number of ether oxygens (including phenoxy) is 1. The molecule has 0 aliphatic heterocycles. The Labute approximate surface area is 132 Å². The lowest BCUT2D eigenvalue weighted by Gasteiger charge is -2.08. The maximum Gasteiger partial charge on any atom is 0.274 e. The van der Waals surface area contributed by atoms with Crippen LogP contribution in [0.1, 0.15) is 11.3 Å². The Morgan fingerprint density at radius 3 is 2.75 bits per heavy atom. The zero-order chi connectivity index (χ0) is 14.9. The van der Waals surface area contributed by atoms with Gasteiger partial charge < -0.3 is 4.74 Å². The molecule has 0 amide bonds. The second-order valence-electron chi connectivity index (χ2n) is 4.13. The van der Waals surface area contributed by atoms with E-state index in [2.05, 4.69) is 37.0 Å². The van der Waals surface area contributed by atoms with E-state index in [0.29, 0.717) is 21.4 Å². The van der Waals surface area contributed by atoms with Gasteiger partial charge in [0, 0.05) is 28.5 Å². The number of aromatic nitrogens is 2. The van der Waals surface area contributed by atoms with Crippen LogP contribution in [0.2, 0.25) is 0 Å². The largest absolute Gasteiger partial charge is 0.439 e. The molecule has 0 aliphatic rings. The first-order chi connectivity index (χ1) is 9.42. The molecule has 0 saturated heterocycles. The average molecular weight is 405 g/mol. The Hall–Kier alpha value is -1.41. The molecular weight excluding hydrogens is 394 g/mol. The number of rotatable bonds is 4. The Morgan fingerprint density at radius 2 is 2.15 bits per heavy atom. The molecular formula is C12H11Br2N3O3. The summed E-state index contributed by atoms with van der Waals surface area (Å²) in [5.74, 6) is 0.947. The molecule has 1 aromatic heterocycles. The summed E-state index contributed by atoms with van der Waals surface area (Å²) in [7, 11) is 1.76. The van der Waals surface area contributed by atoms with Crippen molar-refractivity contribution in [2.24, 2.45) is 7.05 Å². The van der Waals surface area contributed by atoms with Gasteiger partial charge in [-0.15, -0.1) is 0 Å². The smallest absolute Gasteiger partial charge is 0.274 e. The number of nitrogens with zero attached hydrogens (tertiary/aromatic N) is 3. The van der Waals surface area contributed by atoms with Crippen molar-refractivity contribution in [2.75, 3.05) is 0 Å². The quantitative estimate of drug-likeness (QED) is 0.437. The van der Waals surface area contributed by atoms with Gasteiger partial charge in [-0.3, -0.25) is 10.1 Å². The fourth-order valence-corrected chi connectivity index (χ4v) is 2.89. The Morgan fingerprint density at radius 1 is 1.45 bits per heavy atom. The number of non-ortho nitro benzene ring substituents is 1. The predicted molar refractivity (Wildman–Crippen MR) is 81.4 cm³/mol. The first-order valence-corrected chi connectivity index (χ1v) is 7.55. The van der Waals surface area contributed by atoms with E-state index in [1.165, 1.54) is 12.1 Å². The minimum Gasteiger partial charge on any atom is -0.439 e. The Balaban J connectivity index is 2.42. The van der Waals surface area contributed by atoms with Gasteiger partial charge in [0.05, 0.1) is 16.7 Å². The number of alkyl halides is 1. The topological polar surface area (TPSA) is 70.2 Å². The zero-order valence-corrected chi connectivity index (χ0v) is 13.9. The lowest BCUT2D eigenvalue weighted by atomic mass is 10.3. The van der Waals surface area contributed by atoms with E-state index in [0.717, 1.165) is 11.3 Å². The third-order valence-electron chi connectivity index (χ3n) is 2.70. The molecule has 0 fully saturated rings. The van der Waals surface area contributed by atoms with E-state index >= 15 is 0 Å². The third kappa shape index (κ3) is 3.01. The van der Waals surface area contributed by atoms with Gasteiger partial charge in [-0.1, -0.05) is 31.9 Å². The molecule has 0 bridgehead atoms. The minimum atomic E-state index is -0.461. The molecule has 1 heterocycles. The summed E-state index contributed by atoms with van der Waals surface area (Å²) in [6, 6.07) is 4.48. The molecule has 2 aromatic rings. The van der Waals surface area contributed by atoms with Crippen molar-refractivity contribution in [3.05, 3.63) is 44.0 Å². The molecule has 6 nitrogen and oxygen atoms in total. The molecule has 0 aliphatic carbocycles. The van der Waals surface area contributed by atoms with Crippen molar-refractivity contribution in [3.63, 3.8) is 0 Å². The van der Waals surface area contributed by atoms with Crippen LogP contribution < -0.4 is 4.74 Å². The maximum absolute atomic E-state index is 10.9. The number of aryl methyl sites for hydroxylation is 2. The molecule has 0 spiro atoms. The van der Waals surface area contributed by atoms with E-state index in [4.69, 9.17) is 4.74 Å². The fraction of sp³-hybridized carbons (Fsp3) is 0.250.